The maximum Gasteiger partial charge on any atom is 0.264 e. The Hall–Kier alpha value is -2.70. The number of ether oxygens (including phenoxy) is 2. The van der Waals surface area contributed by atoms with Crippen molar-refractivity contribution >= 4 is 33.2 Å². The fourth-order valence-corrected chi connectivity index (χ4v) is 12.0. The first-order chi connectivity index (χ1) is 25.9. The van der Waals surface area contributed by atoms with Crippen molar-refractivity contribution in [1.29, 1.82) is 0 Å². The van der Waals surface area contributed by atoms with E-state index in [1.54, 1.807) is 13.0 Å². The van der Waals surface area contributed by atoms with Gasteiger partial charge in [-0.15, -0.1) is 0 Å². The van der Waals surface area contributed by atoms with Crippen LogP contribution < -0.4 is 14.4 Å². The fourth-order valence-electron chi connectivity index (χ4n) is 10.5. The molecule has 8 atom stereocenters. The van der Waals surface area contributed by atoms with Crippen LogP contribution in [0.4, 0.5) is 10.1 Å². The molecule has 0 unspecified atom stereocenters. The molecule has 0 radical (unpaired) electrons. The molecule has 1 N–H and O–H groups in total. The highest BCUT2D eigenvalue weighted by molar-refractivity contribution is 7.90. The molecule has 6 aliphatic rings. The van der Waals surface area contributed by atoms with Crippen LogP contribution in [0.15, 0.2) is 48.6 Å². The standard InChI is InChI=1S/C42H56ClFN4O5S/c1-28-6-4-16-42(52-3,26-46-18-19-47-17-14-34(44)22-35(47)24-46)37-11-8-32(37)23-48-25-41(15-5-7-30-20-33(43)10-12-36(30)41)27-53-39-13-9-31(21-38(39)48)40(49)45-54(50,51)29(28)2/h4,9-10,12-13,16,20-21,28-29,32,34-35,37H,5-8,11,14-15,17-19,22-27H2,1-3H3,(H,45,49)/b16-4-/t28-,29+,32-,34-,35-,37+,41-,42-/m0/s1. The number of hydrogen-bond acceptors (Lipinski definition) is 8. The van der Waals surface area contributed by atoms with Crippen LogP contribution in [0.5, 0.6) is 5.75 Å². The Balaban J connectivity index is 1.18. The summed E-state index contributed by atoms with van der Waals surface area (Å²) < 4.78 is 57.6. The highest BCUT2D eigenvalue weighted by Crippen LogP contribution is 2.49. The number of halogens is 2. The molecule has 8 rings (SSSR count). The van der Waals surface area contributed by atoms with Gasteiger partial charge in [0.05, 0.1) is 17.5 Å². The van der Waals surface area contributed by atoms with Crippen LogP contribution in [0.1, 0.15) is 80.3 Å². The Bertz CT molecular complexity index is 1880. The molecule has 9 nitrogen and oxygen atoms in total. The number of amides is 1. The van der Waals surface area contributed by atoms with Gasteiger partial charge in [-0.05, 0) is 118 Å². The van der Waals surface area contributed by atoms with Crippen molar-refractivity contribution in [3.05, 3.63) is 70.3 Å². The van der Waals surface area contributed by atoms with Crippen molar-refractivity contribution in [2.75, 3.05) is 64.4 Å². The third-order valence-electron chi connectivity index (χ3n) is 14.0. The van der Waals surface area contributed by atoms with Gasteiger partial charge >= 0.3 is 0 Å². The smallest absolute Gasteiger partial charge is 0.264 e. The predicted octanol–water partition coefficient (Wildman–Crippen LogP) is 6.39. The van der Waals surface area contributed by atoms with Crippen molar-refractivity contribution in [1.82, 2.24) is 14.5 Å². The number of rotatable bonds is 3. The Kier molecular flexibility index (Phi) is 10.6. The van der Waals surface area contributed by atoms with E-state index in [1.165, 1.54) is 11.1 Å². The van der Waals surface area contributed by atoms with Crippen molar-refractivity contribution in [2.24, 2.45) is 17.8 Å². The number of hydrogen-bond donors (Lipinski definition) is 1. The average molecular weight is 783 g/mol. The minimum absolute atomic E-state index is 0.203. The van der Waals surface area contributed by atoms with E-state index in [-0.39, 0.29) is 23.3 Å². The summed E-state index contributed by atoms with van der Waals surface area (Å²) in [6.07, 6.45) is 10.3. The Morgan fingerprint density at radius 3 is 2.72 bits per heavy atom. The van der Waals surface area contributed by atoms with E-state index in [0.717, 1.165) is 75.5 Å². The van der Waals surface area contributed by atoms with Gasteiger partial charge in [0, 0.05) is 75.0 Å². The number of benzene rings is 2. The molecule has 1 spiro atoms. The lowest BCUT2D eigenvalue weighted by Crippen LogP contribution is -2.62. The molecular formula is C42H56ClFN4O5S. The lowest BCUT2D eigenvalue weighted by molar-refractivity contribution is -0.101. The Morgan fingerprint density at radius 2 is 1.93 bits per heavy atom. The normalized spacial score (nSPS) is 36.4. The fraction of sp³-hybridized carbons (Fsp3) is 0.643. The quantitative estimate of drug-likeness (QED) is 0.359. The second-order valence-corrected chi connectivity index (χ2v) is 19.7. The van der Waals surface area contributed by atoms with Crippen molar-refractivity contribution < 1.29 is 27.1 Å². The molecular weight excluding hydrogens is 727 g/mol. The number of fused-ring (bicyclic) bond motifs is 5. The molecule has 0 aromatic heterocycles. The summed E-state index contributed by atoms with van der Waals surface area (Å²) in [5, 5.41) is -0.0699. The number of nitrogens with zero attached hydrogens (tertiary/aromatic N) is 3. The molecule has 4 aliphatic heterocycles. The number of sulfonamides is 1. The first kappa shape index (κ1) is 38.2. The van der Waals surface area contributed by atoms with E-state index >= 15 is 0 Å². The van der Waals surface area contributed by atoms with Gasteiger partial charge in [-0.2, -0.15) is 0 Å². The molecule has 2 bridgehead atoms. The molecule has 12 heteroatoms. The lowest BCUT2D eigenvalue weighted by atomic mass is 9.63. The van der Waals surface area contributed by atoms with Gasteiger partial charge in [-0.1, -0.05) is 36.7 Å². The van der Waals surface area contributed by atoms with Gasteiger partial charge < -0.3 is 14.4 Å². The van der Waals surface area contributed by atoms with Gasteiger partial charge in [0.15, 0.2) is 0 Å². The minimum Gasteiger partial charge on any atom is -0.490 e. The van der Waals surface area contributed by atoms with E-state index in [2.05, 4.69) is 43.7 Å². The molecule has 2 aromatic rings. The highest BCUT2D eigenvalue weighted by atomic mass is 35.5. The lowest BCUT2D eigenvalue weighted by Gasteiger charge is -2.53. The molecule has 4 heterocycles. The van der Waals surface area contributed by atoms with Gasteiger partial charge in [0.2, 0.25) is 10.0 Å². The van der Waals surface area contributed by atoms with Crippen LogP contribution in [0.3, 0.4) is 0 Å². The zero-order valence-corrected chi connectivity index (χ0v) is 33.5. The molecule has 294 valence electrons. The first-order valence-corrected chi connectivity index (χ1v) is 22.0. The maximum atomic E-state index is 14.6. The van der Waals surface area contributed by atoms with Crippen LogP contribution in [0, 0.1) is 17.8 Å². The second-order valence-electron chi connectivity index (χ2n) is 17.2. The number of methoxy groups -OCH3 is 1. The average Bonchev–Trinajstić information content (AvgIpc) is 3.28. The molecule has 2 aliphatic carbocycles. The summed E-state index contributed by atoms with van der Waals surface area (Å²) in [6, 6.07) is 11.8. The number of piperidine rings is 1. The van der Waals surface area contributed by atoms with Crippen LogP contribution in [-0.2, 0) is 26.6 Å². The van der Waals surface area contributed by atoms with Crippen LogP contribution in [-0.4, -0.2) is 107 Å². The van der Waals surface area contributed by atoms with Gasteiger partial charge in [0.25, 0.3) is 5.91 Å². The number of allylic oxidation sites excluding steroid dienone is 1. The molecule has 2 aromatic carbocycles. The van der Waals surface area contributed by atoms with Crippen molar-refractivity contribution in [2.45, 2.75) is 93.7 Å². The number of nitrogens with one attached hydrogen (secondary N) is 1. The minimum atomic E-state index is -3.98. The summed E-state index contributed by atoms with van der Waals surface area (Å²) in [5.41, 5.74) is 2.72. The maximum absolute atomic E-state index is 14.6. The molecule has 3 fully saturated rings. The number of piperazine rings is 1. The van der Waals surface area contributed by atoms with Gasteiger partial charge in [-0.3, -0.25) is 14.6 Å². The Labute approximate surface area is 325 Å². The number of alkyl halides is 1. The zero-order valence-electron chi connectivity index (χ0n) is 31.9. The monoisotopic (exact) mass is 782 g/mol. The van der Waals surface area contributed by atoms with Gasteiger partial charge in [0.1, 0.15) is 17.5 Å². The molecule has 2 saturated heterocycles. The number of aryl methyl sites for hydroxylation is 1. The molecule has 54 heavy (non-hydrogen) atoms. The number of carbonyl (C=O) groups is 1. The van der Waals surface area contributed by atoms with E-state index in [0.29, 0.717) is 56.2 Å². The van der Waals surface area contributed by atoms with E-state index in [9.17, 15) is 17.6 Å². The van der Waals surface area contributed by atoms with Crippen LogP contribution in [0.2, 0.25) is 5.02 Å². The predicted molar refractivity (Wildman–Crippen MR) is 211 cm³/mol. The summed E-state index contributed by atoms with van der Waals surface area (Å²) in [4.78, 5) is 21.0. The Morgan fingerprint density at radius 1 is 1.07 bits per heavy atom. The summed E-state index contributed by atoms with van der Waals surface area (Å²) >= 11 is 6.50. The largest absolute Gasteiger partial charge is 0.490 e. The number of anilines is 1. The molecule has 1 amide bonds. The first-order valence-electron chi connectivity index (χ1n) is 20.1. The van der Waals surface area contributed by atoms with E-state index in [1.807, 2.05) is 32.2 Å². The second kappa shape index (κ2) is 15.0. The number of carbonyl (C=O) groups excluding carboxylic acids is 1. The SMILES string of the molecule is CO[C@]1(CN2CCN3CC[C@H](F)C[C@H]3C2)/C=C\C[C@H](C)[C@@H](C)S(=O)(=O)NC(=O)c2ccc3c(c2)N(C[C@@H]2CC[C@H]21)C[C@@]1(CCCc2cc(Cl)ccc21)CO3. The topological polar surface area (TPSA) is 91.4 Å². The van der Waals surface area contributed by atoms with Crippen LogP contribution >= 0.6 is 11.6 Å². The summed E-state index contributed by atoms with van der Waals surface area (Å²) in [7, 11) is -2.16. The third-order valence-corrected chi connectivity index (χ3v) is 16.2. The third kappa shape index (κ3) is 7.21. The van der Waals surface area contributed by atoms with Crippen molar-refractivity contribution in [3.8, 4) is 5.75 Å². The summed E-state index contributed by atoms with van der Waals surface area (Å²) in [6.45, 7) is 9.68. The summed E-state index contributed by atoms with van der Waals surface area (Å²) in [5.74, 6) is 0.306. The van der Waals surface area contributed by atoms with Crippen molar-refractivity contribution in [3.63, 3.8) is 0 Å². The molecule has 1 saturated carbocycles. The van der Waals surface area contributed by atoms with E-state index < -0.39 is 33.0 Å². The van der Waals surface area contributed by atoms with Crippen LogP contribution in [0.25, 0.3) is 0 Å². The highest BCUT2D eigenvalue weighted by Gasteiger charge is 2.50. The zero-order chi connectivity index (χ0) is 37.8. The van der Waals surface area contributed by atoms with E-state index in [4.69, 9.17) is 21.1 Å². The van der Waals surface area contributed by atoms with Gasteiger partial charge in [-0.25, -0.2) is 17.5 Å².